The molecule has 0 heterocycles. The minimum atomic E-state index is 0.614. The summed E-state index contributed by atoms with van der Waals surface area (Å²) in [4.78, 5) is 0. The molecule has 0 spiro atoms. The van der Waals surface area contributed by atoms with Gasteiger partial charge < -0.3 is 5.73 Å². The summed E-state index contributed by atoms with van der Waals surface area (Å²) in [5.74, 6) is 0.614. The van der Waals surface area contributed by atoms with E-state index >= 15 is 0 Å². The summed E-state index contributed by atoms with van der Waals surface area (Å²) in [5, 5.41) is 0. The molecule has 1 unspecified atom stereocenters. The maximum absolute atomic E-state index is 5.33. The van der Waals surface area contributed by atoms with Gasteiger partial charge in [-0.25, -0.2) is 0 Å². The van der Waals surface area contributed by atoms with Crippen LogP contribution in [0, 0.1) is 12.8 Å². The van der Waals surface area contributed by atoms with Crippen LogP contribution < -0.4 is 5.73 Å². The highest BCUT2D eigenvalue weighted by molar-refractivity contribution is 4.53. The Balaban J connectivity index is 2.75. The maximum Gasteiger partial charge on any atom is -0.00773 e. The molecule has 0 aromatic heterocycles. The van der Waals surface area contributed by atoms with Gasteiger partial charge in [-0.3, -0.25) is 0 Å². The summed E-state index contributed by atoms with van der Waals surface area (Å²) in [6, 6.07) is 0. The van der Waals surface area contributed by atoms with Gasteiger partial charge in [0.05, 0.1) is 0 Å². The Morgan fingerprint density at radius 2 is 2.00 bits per heavy atom. The van der Waals surface area contributed by atoms with Gasteiger partial charge >= 0.3 is 0 Å². The van der Waals surface area contributed by atoms with Crippen molar-refractivity contribution in [3.8, 4) is 0 Å². The lowest BCUT2D eigenvalue weighted by molar-refractivity contribution is 0.565. The second-order valence-corrected chi connectivity index (χ2v) is 2.74. The molecule has 1 atom stereocenters. The van der Waals surface area contributed by atoms with E-state index in [1.54, 1.807) is 0 Å². The Morgan fingerprint density at radius 1 is 1.33 bits per heavy atom. The van der Waals surface area contributed by atoms with Gasteiger partial charge in [-0.2, -0.15) is 0 Å². The van der Waals surface area contributed by atoms with Crippen LogP contribution in [0.3, 0.4) is 0 Å². The first-order valence-electron chi connectivity index (χ1n) is 3.80. The van der Waals surface area contributed by atoms with Crippen LogP contribution in [0.5, 0.6) is 0 Å². The van der Waals surface area contributed by atoms with E-state index in [1.165, 1.54) is 25.7 Å². The van der Waals surface area contributed by atoms with E-state index in [4.69, 9.17) is 5.73 Å². The number of nitrogens with two attached hydrogens (primary N) is 1. The van der Waals surface area contributed by atoms with Crippen molar-refractivity contribution in [2.24, 2.45) is 11.7 Å². The fourth-order valence-electron chi connectivity index (χ4n) is 0.814. The average molecular weight is 128 g/mol. The normalized spacial score (nSPS) is 10.7. The maximum atomic E-state index is 5.33. The Kier molecular flexibility index (Phi) is 6.06. The molecule has 0 aliphatic carbocycles. The number of hydrogen-bond acceptors (Lipinski definition) is 1. The molecule has 2 N–H and O–H groups in total. The molecule has 0 amide bonds. The van der Waals surface area contributed by atoms with Crippen LogP contribution >= 0.6 is 0 Å². The molecule has 1 heteroatoms. The van der Waals surface area contributed by atoms with Crippen molar-refractivity contribution < 1.29 is 0 Å². The number of unbranched alkanes of at least 4 members (excludes halogenated alkanes) is 2. The van der Waals surface area contributed by atoms with Gasteiger partial charge in [0.2, 0.25) is 0 Å². The van der Waals surface area contributed by atoms with Crippen molar-refractivity contribution in [2.75, 3.05) is 6.54 Å². The molecular weight excluding hydrogens is 110 g/mol. The lowest BCUT2D eigenvalue weighted by atomic mass is 10.1. The summed E-state index contributed by atoms with van der Waals surface area (Å²) < 4.78 is 0. The van der Waals surface area contributed by atoms with Crippen LogP contribution in [0.1, 0.15) is 32.6 Å². The topological polar surface area (TPSA) is 26.0 Å². The van der Waals surface area contributed by atoms with Crippen molar-refractivity contribution in [2.45, 2.75) is 32.6 Å². The molecule has 0 fully saturated rings. The minimum Gasteiger partial charge on any atom is -0.330 e. The van der Waals surface area contributed by atoms with Crippen LogP contribution in [0.15, 0.2) is 0 Å². The van der Waals surface area contributed by atoms with Crippen LogP contribution in [0.25, 0.3) is 0 Å². The van der Waals surface area contributed by atoms with Gasteiger partial charge in [-0.1, -0.05) is 33.1 Å². The molecule has 1 nitrogen and oxygen atoms in total. The van der Waals surface area contributed by atoms with Crippen molar-refractivity contribution >= 4 is 0 Å². The van der Waals surface area contributed by atoms with E-state index in [1.807, 2.05) is 0 Å². The first-order valence-corrected chi connectivity index (χ1v) is 3.80. The highest BCUT2D eigenvalue weighted by atomic mass is 14.5. The summed E-state index contributed by atoms with van der Waals surface area (Å²) in [7, 11) is 0. The zero-order valence-corrected chi connectivity index (χ0v) is 6.40. The molecule has 0 saturated heterocycles. The van der Waals surface area contributed by atoms with E-state index in [9.17, 15) is 0 Å². The Labute approximate surface area is 58.6 Å². The monoisotopic (exact) mass is 128 g/mol. The summed E-state index contributed by atoms with van der Waals surface area (Å²) in [6.45, 7) is 6.90. The summed E-state index contributed by atoms with van der Waals surface area (Å²) in [6.07, 6.45) is 4.99. The largest absolute Gasteiger partial charge is 0.330 e. The van der Waals surface area contributed by atoms with Crippen molar-refractivity contribution in [1.82, 2.24) is 0 Å². The Morgan fingerprint density at radius 3 is 2.44 bits per heavy atom. The van der Waals surface area contributed by atoms with Gasteiger partial charge in [-0.05, 0) is 18.9 Å². The van der Waals surface area contributed by atoms with Crippen molar-refractivity contribution in [1.29, 1.82) is 0 Å². The molecular formula is C8H18N. The third-order valence-corrected chi connectivity index (χ3v) is 1.40. The average Bonchev–Trinajstić information content (AvgIpc) is 1.80. The standard InChI is InChI=1S/C8H18N/c1-8(2)6-4-3-5-7-9/h8H,1,3-7,9H2,2H3. The quantitative estimate of drug-likeness (QED) is 0.563. The molecule has 0 aliphatic heterocycles. The summed E-state index contributed by atoms with van der Waals surface area (Å²) >= 11 is 0. The molecule has 0 aliphatic rings. The van der Waals surface area contributed by atoms with Crippen molar-refractivity contribution in [3.05, 3.63) is 6.92 Å². The molecule has 0 rings (SSSR count). The van der Waals surface area contributed by atoms with E-state index in [-0.39, 0.29) is 0 Å². The van der Waals surface area contributed by atoms with Gasteiger partial charge in [0.1, 0.15) is 0 Å². The molecule has 0 aromatic rings. The molecule has 0 aromatic carbocycles. The molecule has 1 radical (unpaired) electrons. The van der Waals surface area contributed by atoms with Gasteiger partial charge in [0, 0.05) is 0 Å². The highest BCUT2D eigenvalue weighted by Gasteiger charge is 1.92. The Bertz CT molecular complexity index is 50.5. The van der Waals surface area contributed by atoms with E-state index in [2.05, 4.69) is 13.8 Å². The second-order valence-electron chi connectivity index (χ2n) is 2.74. The van der Waals surface area contributed by atoms with Gasteiger partial charge in [0.15, 0.2) is 0 Å². The second kappa shape index (κ2) is 6.09. The lowest BCUT2D eigenvalue weighted by Crippen LogP contribution is -1.98. The smallest absolute Gasteiger partial charge is 0.00773 e. The van der Waals surface area contributed by atoms with E-state index < -0.39 is 0 Å². The molecule has 9 heavy (non-hydrogen) atoms. The number of hydrogen-bond donors (Lipinski definition) is 1. The van der Waals surface area contributed by atoms with E-state index in [0.29, 0.717) is 5.92 Å². The summed E-state index contributed by atoms with van der Waals surface area (Å²) in [5.41, 5.74) is 5.33. The third kappa shape index (κ3) is 7.96. The van der Waals surface area contributed by atoms with E-state index in [0.717, 1.165) is 6.54 Å². The predicted molar refractivity (Wildman–Crippen MR) is 42.0 cm³/mol. The Hall–Kier alpha value is -0.0400. The highest BCUT2D eigenvalue weighted by Crippen LogP contribution is 2.06. The van der Waals surface area contributed by atoms with Crippen molar-refractivity contribution in [3.63, 3.8) is 0 Å². The SMILES string of the molecule is [CH2]C(C)CCCCCN. The zero-order chi connectivity index (χ0) is 7.11. The predicted octanol–water partition coefficient (Wildman–Crippen LogP) is 1.98. The molecule has 0 bridgehead atoms. The first kappa shape index (κ1) is 8.96. The fraction of sp³-hybridized carbons (Fsp3) is 0.875. The number of rotatable bonds is 5. The third-order valence-electron chi connectivity index (χ3n) is 1.40. The van der Waals surface area contributed by atoms with Gasteiger partial charge in [0.25, 0.3) is 0 Å². The van der Waals surface area contributed by atoms with Crippen LogP contribution in [0.4, 0.5) is 0 Å². The van der Waals surface area contributed by atoms with Gasteiger partial charge in [-0.15, -0.1) is 0 Å². The molecule has 55 valence electrons. The zero-order valence-electron chi connectivity index (χ0n) is 6.40. The first-order chi connectivity index (χ1) is 4.27. The fourth-order valence-corrected chi connectivity index (χ4v) is 0.814. The molecule has 0 saturated carbocycles. The van der Waals surface area contributed by atoms with Crippen LogP contribution in [0.2, 0.25) is 0 Å². The lowest BCUT2D eigenvalue weighted by Gasteiger charge is -2.01. The van der Waals surface area contributed by atoms with Crippen LogP contribution in [-0.2, 0) is 0 Å². The van der Waals surface area contributed by atoms with Crippen LogP contribution in [-0.4, -0.2) is 6.54 Å². The minimum absolute atomic E-state index is 0.614.